The molecule has 0 amide bonds. The van der Waals surface area contributed by atoms with E-state index in [-0.39, 0.29) is 50.0 Å². The molecule has 4 saturated carbocycles. The van der Waals surface area contributed by atoms with Gasteiger partial charge in [-0.05, 0) is 261 Å². The molecule has 0 unspecified atom stereocenters. The molecule has 1 aromatic heterocycles. The van der Waals surface area contributed by atoms with Crippen LogP contribution in [0.25, 0.3) is 10.1 Å². The summed E-state index contributed by atoms with van der Waals surface area (Å²) >= 11 is 2.13. The van der Waals surface area contributed by atoms with E-state index in [1.54, 1.807) is 38.9 Å². The van der Waals surface area contributed by atoms with Crippen molar-refractivity contribution in [2.75, 3.05) is 9.80 Å². The van der Waals surface area contributed by atoms with Crippen LogP contribution >= 0.6 is 11.3 Å². The Morgan fingerprint density at radius 1 is 0.474 bits per heavy atom. The molecule has 4 heteroatoms. The first-order chi connectivity index (χ1) is 35.5. The van der Waals surface area contributed by atoms with Gasteiger partial charge in [0.15, 0.2) is 0 Å². The lowest BCUT2D eigenvalue weighted by molar-refractivity contribution is -0.00514. The third kappa shape index (κ3) is 7.01. The van der Waals surface area contributed by atoms with Gasteiger partial charge in [-0.15, -0.1) is 11.3 Å². The van der Waals surface area contributed by atoms with Crippen LogP contribution in [0, 0.1) is 31.6 Å². The number of benzene rings is 5. The van der Waals surface area contributed by atoms with Gasteiger partial charge in [0.2, 0.25) is 0 Å². The molecule has 4 fully saturated rings. The third-order valence-electron chi connectivity index (χ3n) is 23.0. The fourth-order valence-electron chi connectivity index (χ4n) is 18.2. The summed E-state index contributed by atoms with van der Waals surface area (Å²) in [5.74, 6) is 2.55. The summed E-state index contributed by atoms with van der Waals surface area (Å²) in [7, 11) is 0. The highest BCUT2D eigenvalue weighted by atomic mass is 32.1. The average Bonchev–Trinajstić information content (AvgIpc) is 3.70. The van der Waals surface area contributed by atoms with Crippen LogP contribution < -0.4 is 25.5 Å². The smallest absolute Gasteiger partial charge is 0.264 e. The summed E-state index contributed by atoms with van der Waals surface area (Å²) in [6.07, 6.45) is 15.7. The van der Waals surface area contributed by atoms with E-state index in [2.05, 4.69) is 206 Å². The van der Waals surface area contributed by atoms with Crippen molar-refractivity contribution in [1.82, 2.24) is 0 Å². The van der Waals surface area contributed by atoms with E-state index in [4.69, 9.17) is 0 Å². The molecule has 3 heterocycles. The summed E-state index contributed by atoms with van der Waals surface area (Å²) in [6, 6.07) is 29.6. The Balaban J connectivity index is 1.14. The largest absolute Gasteiger partial charge is 0.311 e. The van der Waals surface area contributed by atoms with E-state index in [9.17, 15) is 0 Å². The summed E-state index contributed by atoms with van der Waals surface area (Å²) < 4.78 is 2.98. The minimum absolute atomic E-state index is 0.0105. The average molecular weight is 1030 g/mol. The van der Waals surface area contributed by atoms with Gasteiger partial charge in [-0.3, -0.25) is 0 Å². The van der Waals surface area contributed by atoms with E-state index in [1.807, 2.05) is 0 Å². The summed E-state index contributed by atoms with van der Waals surface area (Å²) in [5, 5.41) is 1.46. The van der Waals surface area contributed by atoms with Gasteiger partial charge in [-0.1, -0.05) is 128 Å². The minimum atomic E-state index is -0.0105. The van der Waals surface area contributed by atoms with Crippen LogP contribution in [-0.4, -0.2) is 6.71 Å². The number of hydrogen-bond donors (Lipinski definition) is 0. The highest BCUT2D eigenvalue weighted by Crippen LogP contribution is 2.63. The second-order valence-corrected chi connectivity index (χ2v) is 33.2. The summed E-state index contributed by atoms with van der Waals surface area (Å²) in [4.78, 5) is 5.77. The second-order valence-electron chi connectivity index (χ2n) is 32.1. The van der Waals surface area contributed by atoms with Crippen LogP contribution in [0.15, 0.2) is 66.7 Å². The highest BCUT2D eigenvalue weighted by molar-refractivity contribution is 7.33. The van der Waals surface area contributed by atoms with E-state index in [1.165, 1.54) is 154 Å². The monoisotopic (exact) mass is 1020 g/mol. The maximum Gasteiger partial charge on any atom is 0.264 e. The molecular weight excluding hydrogens is 936 g/mol. The van der Waals surface area contributed by atoms with Gasteiger partial charge in [-0.2, -0.15) is 0 Å². The van der Waals surface area contributed by atoms with E-state index in [0.29, 0.717) is 0 Å². The van der Waals surface area contributed by atoms with Crippen LogP contribution in [0.2, 0.25) is 0 Å². The predicted molar refractivity (Wildman–Crippen MR) is 330 cm³/mol. The molecule has 2 aliphatic heterocycles. The van der Waals surface area contributed by atoms with Crippen molar-refractivity contribution in [1.29, 1.82) is 0 Å². The van der Waals surface area contributed by atoms with Crippen LogP contribution in [-0.2, 0) is 43.3 Å². The maximum absolute atomic E-state index is 2.93. The molecule has 6 aromatic rings. The van der Waals surface area contributed by atoms with E-state index < -0.39 is 0 Å². The van der Waals surface area contributed by atoms with Crippen molar-refractivity contribution in [2.45, 2.75) is 238 Å². The Hall–Kier alpha value is -4.28. The van der Waals surface area contributed by atoms with Gasteiger partial charge in [0.1, 0.15) is 0 Å². The number of aryl methyl sites for hydroxylation is 2. The van der Waals surface area contributed by atoms with Gasteiger partial charge in [0, 0.05) is 43.3 Å². The van der Waals surface area contributed by atoms with Crippen molar-refractivity contribution in [3.63, 3.8) is 0 Å². The SMILES string of the molecule is Cc1cc2c(cc1N1c3ccc(C(C)(C)C)cc3B3c4sc5cc6c(cc5c4N(c4cc5c(cc4C)C(C)(C)CCC5(C)C)c4cc(C57CC8CC(CC(C8)C5)C7)cc1c43)C(C)(C)CCC6(C)C)C(C)(C)CCC2(C)C. The number of anilines is 6. The molecule has 15 rings (SSSR count). The molecule has 2 nitrogen and oxygen atoms in total. The van der Waals surface area contributed by atoms with Gasteiger partial charge in [0.25, 0.3) is 6.71 Å². The molecule has 7 aliphatic carbocycles. The molecule has 0 radical (unpaired) electrons. The lowest BCUT2D eigenvalue weighted by Crippen LogP contribution is -2.61. The fourth-order valence-corrected chi connectivity index (χ4v) is 19.5. The highest BCUT2D eigenvalue weighted by Gasteiger charge is 2.54. The Kier molecular flexibility index (Phi) is 10.2. The summed E-state index contributed by atoms with van der Waals surface area (Å²) in [6.45, 7) is 42.5. The zero-order chi connectivity index (χ0) is 53.6. The predicted octanol–water partition coefficient (Wildman–Crippen LogP) is 18.4. The van der Waals surface area contributed by atoms with Gasteiger partial charge < -0.3 is 9.80 Å². The van der Waals surface area contributed by atoms with E-state index in [0.717, 1.165) is 17.8 Å². The first-order valence-electron chi connectivity index (χ1n) is 30.3. The molecule has 5 aromatic carbocycles. The molecule has 0 saturated heterocycles. The van der Waals surface area contributed by atoms with E-state index >= 15 is 0 Å². The molecular formula is C72H89BN2S. The Labute approximate surface area is 463 Å². The second kappa shape index (κ2) is 15.5. The number of nitrogens with zero attached hydrogens (tertiary/aromatic N) is 2. The third-order valence-corrected chi connectivity index (χ3v) is 24.2. The quantitative estimate of drug-likeness (QED) is 0.163. The molecule has 76 heavy (non-hydrogen) atoms. The van der Waals surface area contributed by atoms with Crippen LogP contribution in [0.3, 0.4) is 0 Å². The first-order valence-corrected chi connectivity index (χ1v) is 31.1. The number of hydrogen-bond acceptors (Lipinski definition) is 3. The van der Waals surface area contributed by atoms with Crippen molar-refractivity contribution in [2.24, 2.45) is 17.8 Å². The van der Waals surface area contributed by atoms with Crippen LogP contribution in [0.1, 0.15) is 237 Å². The molecule has 396 valence electrons. The number of fused-ring (bicyclic) bond motifs is 9. The summed E-state index contributed by atoms with van der Waals surface area (Å²) in [5.41, 5.74) is 27.5. The topological polar surface area (TPSA) is 6.48 Å². The van der Waals surface area contributed by atoms with Crippen LogP contribution in [0.5, 0.6) is 0 Å². The number of rotatable bonds is 3. The van der Waals surface area contributed by atoms with Crippen LogP contribution in [0.4, 0.5) is 34.1 Å². The first kappa shape index (κ1) is 50.0. The Morgan fingerprint density at radius 3 is 1.37 bits per heavy atom. The van der Waals surface area contributed by atoms with Crippen molar-refractivity contribution >= 4 is 78.0 Å². The van der Waals surface area contributed by atoms with Gasteiger partial charge in [0.05, 0.1) is 5.69 Å². The Bertz CT molecular complexity index is 3470. The minimum Gasteiger partial charge on any atom is -0.311 e. The zero-order valence-electron chi connectivity index (χ0n) is 49.9. The Morgan fingerprint density at radius 2 is 0.895 bits per heavy atom. The standard InChI is InChI=1S/C72H89BN2S/c1-41-26-49-52(69(12,13)23-20-66(49,6)7)35-57(41)74-56-19-18-46(65(3,4)5)31-55(56)73-62-59(74)32-47(72-38-43-28-44(39-72)30-45(29-43)40-72)33-60(62)75(58-36-53-50(27-42(58)2)67(8,9)21-24-70(53,14)15)63-48-34-51-54(37-61(48)76-64(63)73)71(16,17)25-22-68(51,10)11/h18-19,26-27,31-37,43-45H,20-25,28-30,38-40H2,1-17H3. The lowest BCUT2D eigenvalue weighted by Gasteiger charge is -2.57. The normalized spacial score (nSPS) is 27.1. The molecule has 0 spiro atoms. The van der Waals surface area contributed by atoms with Crippen molar-refractivity contribution < 1.29 is 0 Å². The zero-order valence-corrected chi connectivity index (χ0v) is 50.8. The molecule has 0 atom stereocenters. The molecule has 9 aliphatic rings. The molecule has 0 N–H and O–H groups in total. The van der Waals surface area contributed by atoms with Crippen molar-refractivity contribution in [3.05, 3.63) is 122 Å². The fraction of sp³-hybridized carbons (Fsp3) is 0.556. The number of thiophene rings is 1. The maximum atomic E-state index is 2.93. The lowest BCUT2D eigenvalue weighted by atomic mass is 9.35. The van der Waals surface area contributed by atoms with Gasteiger partial charge in [-0.25, -0.2) is 0 Å². The molecule has 4 bridgehead atoms. The van der Waals surface area contributed by atoms with Gasteiger partial charge >= 0.3 is 0 Å². The van der Waals surface area contributed by atoms with Crippen molar-refractivity contribution in [3.8, 4) is 0 Å².